The molecule has 0 heterocycles. The van der Waals surface area contributed by atoms with Crippen molar-refractivity contribution in [2.75, 3.05) is 0 Å². The van der Waals surface area contributed by atoms with Gasteiger partial charge < -0.3 is 9.84 Å². The minimum absolute atomic E-state index is 0.0277. The maximum absolute atomic E-state index is 11.3. The number of benzene rings is 2. The highest BCUT2D eigenvalue weighted by atomic mass is 79.9. The molecule has 0 bridgehead atoms. The van der Waals surface area contributed by atoms with E-state index in [1.54, 1.807) is 42.5 Å². The van der Waals surface area contributed by atoms with Gasteiger partial charge in [0.2, 0.25) is 0 Å². The molecule has 6 heteroatoms. The molecule has 0 saturated heterocycles. The molecule has 0 aromatic heterocycles. The van der Waals surface area contributed by atoms with E-state index in [-0.39, 0.29) is 11.5 Å². The quantitative estimate of drug-likeness (QED) is 0.308. The number of hydrogen-bond donors (Lipinski definition) is 1. The zero-order valence-corrected chi connectivity index (χ0v) is 11.3. The SMILES string of the molecule is O=[N+]([O-])C(Br)(Oc1ccccc1O)c1ccccc1. The van der Waals surface area contributed by atoms with E-state index >= 15 is 0 Å². The van der Waals surface area contributed by atoms with E-state index in [1.165, 1.54) is 12.1 Å². The molecule has 0 amide bonds. The third-order valence-electron chi connectivity index (χ3n) is 2.48. The van der Waals surface area contributed by atoms with Crippen LogP contribution in [-0.4, -0.2) is 10.0 Å². The molecular formula is C13H10BrNO4. The summed E-state index contributed by atoms with van der Waals surface area (Å²) >= 11 is 3.00. The fraction of sp³-hybridized carbons (Fsp3) is 0.0769. The number of aromatic hydroxyl groups is 1. The van der Waals surface area contributed by atoms with Crippen molar-refractivity contribution < 1.29 is 14.8 Å². The number of nitrogens with zero attached hydrogens (tertiary/aromatic N) is 1. The second kappa shape index (κ2) is 5.27. The Hall–Kier alpha value is -2.08. The molecule has 2 aromatic rings. The molecule has 2 aromatic carbocycles. The van der Waals surface area contributed by atoms with Crippen LogP contribution in [0, 0.1) is 10.1 Å². The summed E-state index contributed by atoms with van der Waals surface area (Å²) < 4.78 is 3.41. The number of hydrogen-bond acceptors (Lipinski definition) is 4. The standard InChI is InChI=1S/C13H10BrNO4/c14-13(15(17)18,10-6-2-1-3-7-10)19-12-9-5-4-8-11(12)16/h1-9,16H. The van der Waals surface area contributed by atoms with Crippen LogP contribution in [0.4, 0.5) is 0 Å². The predicted molar refractivity (Wildman–Crippen MR) is 72.8 cm³/mol. The van der Waals surface area contributed by atoms with E-state index in [0.29, 0.717) is 5.56 Å². The van der Waals surface area contributed by atoms with E-state index in [0.717, 1.165) is 0 Å². The van der Waals surface area contributed by atoms with Crippen molar-refractivity contribution in [3.63, 3.8) is 0 Å². The van der Waals surface area contributed by atoms with E-state index in [1.807, 2.05) is 0 Å². The lowest BCUT2D eigenvalue weighted by Gasteiger charge is -2.20. The highest BCUT2D eigenvalue weighted by Crippen LogP contribution is 2.38. The normalized spacial score (nSPS) is 13.5. The Balaban J connectivity index is 2.42. The van der Waals surface area contributed by atoms with Gasteiger partial charge in [-0.2, -0.15) is 0 Å². The van der Waals surface area contributed by atoms with Gasteiger partial charge >= 0.3 is 4.63 Å². The van der Waals surface area contributed by atoms with Crippen molar-refractivity contribution >= 4 is 15.9 Å². The Labute approximate surface area is 117 Å². The van der Waals surface area contributed by atoms with Crippen LogP contribution in [0.15, 0.2) is 54.6 Å². The van der Waals surface area contributed by atoms with Crippen molar-refractivity contribution in [2.24, 2.45) is 0 Å². The number of phenolic OH excluding ortho intramolecular Hbond substituents is 1. The summed E-state index contributed by atoms with van der Waals surface area (Å²) in [6, 6.07) is 14.3. The summed E-state index contributed by atoms with van der Waals surface area (Å²) in [6.45, 7) is 0. The molecule has 0 spiro atoms. The molecule has 2 rings (SSSR count). The average Bonchev–Trinajstić information content (AvgIpc) is 2.42. The number of ether oxygens (including phenoxy) is 1. The predicted octanol–water partition coefficient (Wildman–Crippen LogP) is 3.25. The van der Waals surface area contributed by atoms with Gasteiger partial charge in [-0.15, -0.1) is 0 Å². The van der Waals surface area contributed by atoms with Crippen LogP contribution in [0.1, 0.15) is 5.56 Å². The van der Waals surface area contributed by atoms with Gasteiger partial charge in [0.25, 0.3) is 0 Å². The van der Waals surface area contributed by atoms with Gasteiger partial charge in [-0.3, -0.25) is 10.1 Å². The first-order chi connectivity index (χ1) is 9.04. The van der Waals surface area contributed by atoms with Crippen molar-refractivity contribution in [3.05, 3.63) is 70.3 Å². The van der Waals surface area contributed by atoms with Crippen molar-refractivity contribution in [1.29, 1.82) is 0 Å². The Morgan fingerprint density at radius 2 is 1.68 bits per heavy atom. The lowest BCUT2D eigenvalue weighted by Crippen LogP contribution is -2.34. The minimum atomic E-state index is -1.94. The Morgan fingerprint density at radius 3 is 2.26 bits per heavy atom. The van der Waals surface area contributed by atoms with Gasteiger partial charge in [0.05, 0.1) is 26.4 Å². The van der Waals surface area contributed by atoms with Gasteiger partial charge in [0, 0.05) is 0 Å². The van der Waals surface area contributed by atoms with Gasteiger partial charge in [-0.1, -0.05) is 30.3 Å². The maximum Gasteiger partial charge on any atom is 0.446 e. The summed E-state index contributed by atoms with van der Waals surface area (Å²) in [5.41, 5.74) is 0.322. The zero-order chi connectivity index (χ0) is 13.9. The third-order valence-corrected chi connectivity index (χ3v) is 3.38. The van der Waals surface area contributed by atoms with Crippen LogP contribution in [0.25, 0.3) is 0 Å². The highest BCUT2D eigenvalue weighted by Gasteiger charge is 2.45. The molecule has 0 saturated carbocycles. The van der Waals surface area contributed by atoms with Crippen LogP contribution in [-0.2, 0) is 4.63 Å². The lowest BCUT2D eigenvalue weighted by molar-refractivity contribution is -0.587. The number of alkyl halides is 1. The molecule has 1 unspecified atom stereocenters. The molecule has 19 heavy (non-hydrogen) atoms. The van der Waals surface area contributed by atoms with Crippen LogP contribution < -0.4 is 4.74 Å². The van der Waals surface area contributed by atoms with Crippen LogP contribution in [0.5, 0.6) is 11.5 Å². The van der Waals surface area contributed by atoms with Gasteiger partial charge in [-0.05, 0) is 24.3 Å². The molecule has 5 nitrogen and oxygen atoms in total. The molecule has 1 atom stereocenters. The summed E-state index contributed by atoms with van der Waals surface area (Å²) in [4.78, 5) is 10.7. The number of para-hydroxylation sites is 2. The second-order valence-corrected chi connectivity index (χ2v) is 4.83. The monoisotopic (exact) mass is 323 g/mol. The van der Waals surface area contributed by atoms with Crippen molar-refractivity contribution in [2.45, 2.75) is 4.63 Å². The number of phenols is 1. The Morgan fingerprint density at radius 1 is 1.11 bits per heavy atom. The summed E-state index contributed by atoms with van der Waals surface area (Å²) in [5.74, 6) is -0.135. The first kappa shape index (κ1) is 13.4. The van der Waals surface area contributed by atoms with E-state index in [4.69, 9.17) is 4.74 Å². The first-order valence-electron chi connectivity index (χ1n) is 5.40. The fourth-order valence-corrected chi connectivity index (χ4v) is 1.97. The van der Waals surface area contributed by atoms with Crippen LogP contribution in [0.2, 0.25) is 0 Å². The maximum atomic E-state index is 11.3. The molecule has 0 fully saturated rings. The molecule has 0 radical (unpaired) electrons. The number of rotatable bonds is 4. The zero-order valence-electron chi connectivity index (χ0n) is 9.69. The molecule has 0 aliphatic heterocycles. The summed E-state index contributed by atoms with van der Waals surface area (Å²) in [5, 5.41) is 20.9. The van der Waals surface area contributed by atoms with Crippen molar-refractivity contribution in [3.8, 4) is 11.5 Å². The van der Waals surface area contributed by atoms with E-state index in [9.17, 15) is 15.2 Å². The molecule has 1 N–H and O–H groups in total. The Kier molecular flexibility index (Phi) is 3.71. The first-order valence-corrected chi connectivity index (χ1v) is 6.19. The minimum Gasteiger partial charge on any atom is -0.504 e. The van der Waals surface area contributed by atoms with Gasteiger partial charge in [0.15, 0.2) is 11.5 Å². The van der Waals surface area contributed by atoms with Crippen LogP contribution in [0.3, 0.4) is 0 Å². The van der Waals surface area contributed by atoms with E-state index < -0.39 is 9.56 Å². The lowest BCUT2D eigenvalue weighted by atomic mass is 10.2. The number of nitro groups is 1. The van der Waals surface area contributed by atoms with Crippen LogP contribution >= 0.6 is 15.9 Å². The molecule has 0 aliphatic rings. The molecule has 0 aliphatic carbocycles. The number of halogens is 1. The van der Waals surface area contributed by atoms with E-state index in [2.05, 4.69) is 15.9 Å². The average molecular weight is 324 g/mol. The summed E-state index contributed by atoms with van der Waals surface area (Å²) in [7, 11) is 0. The van der Waals surface area contributed by atoms with Crippen molar-refractivity contribution in [1.82, 2.24) is 0 Å². The summed E-state index contributed by atoms with van der Waals surface area (Å²) in [6.07, 6.45) is 0. The van der Waals surface area contributed by atoms with Gasteiger partial charge in [0.1, 0.15) is 0 Å². The largest absolute Gasteiger partial charge is 0.504 e. The molecular weight excluding hydrogens is 314 g/mol. The Bertz CT molecular complexity index is 590. The smallest absolute Gasteiger partial charge is 0.446 e. The highest BCUT2D eigenvalue weighted by molar-refractivity contribution is 9.09. The second-order valence-electron chi connectivity index (χ2n) is 3.75. The fourth-order valence-electron chi connectivity index (χ4n) is 1.53. The van der Waals surface area contributed by atoms with Gasteiger partial charge in [-0.25, -0.2) is 0 Å². The molecule has 98 valence electrons. The third kappa shape index (κ3) is 2.68. The topological polar surface area (TPSA) is 72.6 Å².